The summed E-state index contributed by atoms with van der Waals surface area (Å²) in [7, 11) is 0. The minimum Gasteiger partial charge on any atom is -0.354 e. The van der Waals surface area contributed by atoms with E-state index in [1.54, 1.807) is 18.6 Å². The molecule has 2 aromatic rings. The summed E-state index contributed by atoms with van der Waals surface area (Å²) in [6.07, 6.45) is 6.25. The summed E-state index contributed by atoms with van der Waals surface area (Å²) in [5.74, 6) is -1.25. The fourth-order valence-electron chi connectivity index (χ4n) is 3.31. The first-order valence-corrected chi connectivity index (χ1v) is 8.26. The molecular formula is C18H20F2N4O. The number of halogens is 2. The van der Waals surface area contributed by atoms with Crippen LogP contribution in [0.4, 0.5) is 8.78 Å². The largest absolute Gasteiger partial charge is 0.354 e. The van der Waals surface area contributed by atoms with Crippen LogP contribution in [0.15, 0.2) is 36.8 Å². The highest BCUT2D eigenvalue weighted by Gasteiger charge is 2.30. The Balaban J connectivity index is 1.87. The Morgan fingerprint density at radius 1 is 1.28 bits per heavy atom. The number of hydrogen-bond acceptors (Lipinski definition) is 4. The van der Waals surface area contributed by atoms with E-state index >= 15 is 0 Å². The van der Waals surface area contributed by atoms with E-state index in [1.165, 1.54) is 19.1 Å². The Hall–Kier alpha value is -2.41. The van der Waals surface area contributed by atoms with Crippen LogP contribution in [-0.2, 0) is 4.79 Å². The van der Waals surface area contributed by atoms with E-state index in [1.807, 2.05) is 0 Å². The number of nitrogens with zero attached hydrogens (tertiary/aromatic N) is 3. The number of piperidine rings is 1. The molecule has 0 saturated carbocycles. The maximum atomic E-state index is 14.4. The zero-order valence-electron chi connectivity index (χ0n) is 14.0. The minimum atomic E-state index is -0.608. The van der Waals surface area contributed by atoms with Crippen LogP contribution in [-0.4, -0.2) is 39.9 Å². The number of carbonyl (C=O) groups excluding carboxylic acids is 1. The quantitative estimate of drug-likeness (QED) is 0.924. The van der Waals surface area contributed by atoms with Gasteiger partial charge in [0.25, 0.3) is 0 Å². The molecule has 1 saturated heterocycles. The van der Waals surface area contributed by atoms with Crippen LogP contribution in [0.3, 0.4) is 0 Å². The number of hydrogen-bond donors (Lipinski definition) is 1. The summed E-state index contributed by atoms with van der Waals surface area (Å²) in [4.78, 5) is 21.7. The third-order valence-electron chi connectivity index (χ3n) is 4.42. The van der Waals surface area contributed by atoms with Crippen LogP contribution in [0.25, 0.3) is 0 Å². The molecule has 2 heterocycles. The third kappa shape index (κ3) is 4.17. The average molecular weight is 346 g/mol. The lowest BCUT2D eigenvalue weighted by Crippen LogP contribution is -2.45. The van der Waals surface area contributed by atoms with Gasteiger partial charge in [0.05, 0.1) is 17.9 Å². The van der Waals surface area contributed by atoms with E-state index in [0.717, 1.165) is 18.9 Å². The maximum absolute atomic E-state index is 14.4. The molecule has 1 amide bonds. The Kier molecular flexibility index (Phi) is 5.33. The van der Waals surface area contributed by atoms with E-state index in [9.17, 15) is 13.6 Å². The molecule has 1 fully saturated rings. The zero-order valence-corrected chi connectivity index (χ0v) is 14.0. The fourth-order valence-corrected chi connectivity index (χ4v) is 3.31. The molecule has 0 aliphatic carbocycles. The first-order valence-electron chi connectivity index (χ1n) is 8.26. The van der Waals surface area contributed by atoms with Crippen LogP contribution in [0, 0.1) is 11.6 Å². The van der Waals surface area contributed by atoms with Crippen molar-refractivity contribution in [2.75, 3.05) is 13.1 Å². The summed E-state index contributed by atoms with van der Waals surface area (Å²) < 4.78 is 27.7. The first-order chi connectivity index (χ1) is 12.0. The van der Waals surface area contributed by atoms with Crippen molar-refractivity contribution < 1.29 is 13.6 Å². The van der Waals surface area contributed by atoms with Crippen molar-refractivity contribution in [1.29, 1.82) is 0 Å². The molecular weight excluding hydrogens is 326 g/mol. The zero-order chi connectivity index (χ0) is 17.8. The van der Waals surface area contributed by atoms with Crippen LogP contribution < -0.4 is 5.32 Å². The van der Waals surface area contributed by atoms with E-state index in [0.29, 0.717) is 24.3 Å². The molecule has 25 heavy (non-hydrogen) atoms. The highest BCUT2D eigenvalue weighted by atomic mass is 19.1. The number of nitrogens with one attached hydrogen (secondary N) is 1. The maximum Gasteiger partial charge on any atom is 0.217 e. The second-order valence-electron chi connectivity index (χ2n) is 6.21. The van der Waals surface area contributed by atoms with Gasteiger partial charge in [0.15, 0.2) is 0 Å². The third-order valence-corrected chi connectivity index (χ3v) is 4.42. The molecule has 5 nitrogen and oxygen atoms in total. The molecule has 1 aliphatic heterocycles. The van der Waals surface area contributed by atoms with Gasteiger partial charge in [-0.05, 0) is 18.9 Å². The van der Waals surface area contributed by atoms with Gasteiger partial charge >= 0.3 is 0 Å². The molecule has 3 rings (SSSR count). The highest BCUT2D eigenvalue weighted by Crippen LogP contribution is 2.31. The SMILES string of the molecule is CC(=O)NC1CCN(C(c2cnccn2)c2ccc(F)cc2F)CC1. The van der Waals surface area contributed by atoms with Crippen molar-refractivity contribution in [3.05, 3.63) is 59.7 Å². The van der Waals surface area contributed by atoms with Crippen LogP contribution >= 0.6 is 0 Å². The van der Waals surface area contributed by atoms with Gasteiger partial charge in [0, 0.05) is 50.1 Å². The second-order valence-corrected chi connectivity index (χ2v) is 6.21. The molecule has 0 bridgehead atoms. The number of carbonyl (C=O) groups is 1. The van der Waals surface area contributed by atoms with E-state index in [4.69, 9.17) is 0 Å². The smallest absolute Gasteiger partial charge is 0.217 e. The molecule has 1 N–H and O–H groups in total. The van der Waals surface area contributed by atoms with Crippen molar-refractivity contribution in [1.82, 2.24) is 20.2 Å². The number of amides is 1. The molecule has 1 atom stereocenters. The van der Waals surface area contributed by atoms with E-state index in [-0.39, 0.29) is 11.9 Å². The van der Waals surface area contributed by atoms with Gasteiger partial charge in [-0.1, -0.05) is 6.07 Å². The van der Waals surface area contributed by atoms with Gasteiger partial charge in [0.2, 0.25) is 5.91 Å². The Morgan fingerprint density at radius 2 is 2.04 bits per heavy atom. The van der Waals surface area contributed by atoms with Gasteiger partial charge in [-0.25, -0.2) is 8.78 Å². The molecule has 1 aliphatic rings. The van der Waals surface area contributed by atoms with Gasteiger partial charge in [0.1, 0.15) is 11.6 Å². The van der Waals surface area contributed by atoms with Gasteiger partial charge in [-0.15, -0.1) is 0 Å². The second kappa shape index (κ2) is 7.65. The van der Waals surface area contributed by atoms with E-state index in [2.05, 4.69) is 20.2 Å². The molecule has 1 aromatic carbocycles. The van der Waals surface area contributed by atoms with E-state index < -0.39 is 17.7 Å². The van der Waals surface area contributed by atoms with Gasteiger partial charge < -0.3 is 5.32 Å². The van der Waals surface area contributed by atoms with Crippen molar-refractivity contribution in [3.8, 4) is 0 Å². The lowest BCUT2D eigenvalue weighted by molar-refractivity contribution is -0.120. The van der Waals surface area contributed by atoms with Crippen molar-refractivity contribution >= 4 is 5.91 Å². The molecule has 7 heteroatoms. The Bertz CT molecular complexity index is 733. The van der Waals surface area contributed by atoms with Crippen molar-refractivity contribution in [2.24, 2.45) is 0 Å². The standard InChI is InChI=1S/C18H20F2N4O/c1-12(25)23-14-4-8-24(9-5-14)18(17-11-21-6-7-22-17)15-3-2-13(19)10-16(15)20/h2-3,6-7,10-11,14,18H,4-5,8-9H2,1H3,(H,23,25). The van der Waals surface area contributed by atoms with Crippen LogP contribution in [0.5, 0.6) is 0 Å². The number of likely N-dealkylation sites (tertiary alicyclic amines) is 1. The average Bonchev–Trinajstić information content (AvgIpc) is 2.59. The monoisotopic (exact) mass is 346 g/mol. The predicted molar refractivity (Wildman–Crippen MR) is 88.6 cm³/mol. The van der Waals surface area contributed by atoms with Gasteiger partial charge in [-0.3, -0.25) is 19.7 Å². The van der Waals surface area contributed by atoms with Gasteiger partial charge in [-0.2, -0.15) is 0 Å². The van der Waals surface area contributed by atoms with Crippen LogP contribution in [0.2, 0.25) is 0 Å². The molecule has 0 spiro atoms. The molecule has 132 valence electrons. The molecule has 1 unspecified atom stereocenters. The summed E-state index contributed by atoms with van der Waals surface area (Å²) in [6.45, 7) is 2.84. The molecule has 1 aromatic heterocycles. The number of aromatic nitrogens is 2. The lowest BCUT2D eigenvalue weighted by Gasteiger charge is -2.37. The summed E-state index contributed by atoms with van der Waals surface area (Å²) in [5, 5.41) is 2.92. The minimum absolute atomic E-state index is 0.0477. The van der Waals surface area contributed by atoms with Crippen molar-refractivity contribution in [3.63, 3.8) is 0 Å². The normalized spacial score (nSPS) is 17.2. The van der Waals surface area contributed by atoms with Crippen LogP contribution in [0.1, 0.15) is 37.1 Å². The fraction of sp³-hybridized carbons (Fsp3) is 0.389. The number of rotatable bonds is 4. The lowest BCUT2D eigenvalue weighted by atomic mass is 9.96. The topological polar surface area (TPSA) is 58.1 Å². The highest BCUT2D eigenvalue weighted by molar-refractivity contribution is 5.73. The summed E-state index contributed by atoms with van der Waals surface area (Å²) >= 11 is 0. The first kappa shape index (κ1) is 17.4. The summed E-state index contributed by atoms with van der Waals surface area (Å²) in [5.41, 5.74) is 0.992. The van der Waals surface area contributed by atoms with Crippen molar-refractivity contribution in [2.45, 2.75) is 31.8 Å². The summed E-state index contributed by atoms with van der Waals surface area (Å²) in [6, 6.07) is 3.29. The Morgan fingerprint density at radius 3 is 2.64 bits per heavy atom. The Labute approximate surface area is 145 Å². The predicted octanol–water partition coefficient (Wildman–Crippen LogP) is 2.44. The number of benzene rings is 1. The molecule has 0 radical (unpaired) electrons.